The quantitative estimate of drug-likeness (QED) is 0.424. The molecule has 0 aliphatic heterocycles. The zero-order chi connectivity index (χ0) is 22.5. The Balaban J connectivity index is 1.47. The fraction of sp³-hybridized carbons (Fsp3) is 0.348. The first-order valence-corrected chi connectivity index (χ1v) is 11.7. The highest BCUT2D eigenvalue weighted by molar-refractivity contribution is 7.18. The van der Waals surface area contributed by atoms with Crippen molar-refractivity contribution >= 4 is 22.9 Å². The standard InChI is InChI=1S/C23H23ClN6OS/c1-12(2)31-20-18(24)9-14(10-25-20)19-11-26-21(32-19)16-5-6-17-15(13(16)3)7-8-23(17,4)22-27-29-30-28-22/h5-6,9-12H,7-8H2,1-4H3,(H,27,28,29,30)/t23-/m0/s1. The number of pyridine rings is 1. The summed E-state index contributed by atoms with van der Waals surface area (Å²) >= 11 is 8.02. The molecule has 164 valence electrons. The molecule has 0 bridgehead atoms. The molecule has 1 aliphatic rings. The molecule has 32 heavy (non-hydrogen) atoms. The van der Waals surface area contributed by atoms with Crippen molar-refractivity contribution in [3.05, 3.63) is 58.1 Å². The van der Waals surface area contributed by atoms with Crippen molar-refractivity contribution in [1.29, 1.82) is 0 Å². The maximum Gasteiger partial charge on any atom is 0.232 e. The predicted molar refractivity (Wildman–Crippen MR) is 125 cm³/mol. The van der Waals surface area contributed by atoms with Crippen LogP contribution in [0.15, 0.2) is 30.6 Å². The van der Waals surface area contributed by atoms with Gasteiger partial charge in [-0.05, 0) is 63.3 Å². The number of aromatic nitrogens is 6. The van der Waals surface area contributed by atoms with Crippen LogP contribution in [0, 0.1) is 6.92 Å². The zero-order valence-corrected chi connectivity index (χ0v) is 19.9. The van der Waals surface area contributed by atoms with Crippen molar-refractivity contribution in [2.45, 2.75) is 52.1 Å². The number of benzene rings is 1. The summed E-state index contributed by atoms with van der Waals surface area (Å²) in [6.45, 7) is 8.26. The monoisotopic (exact) mass is 466 g/mol. The Morgan fingerprint density at radius 2 is 2.06 bits per heavy atom. The highest BCUT2D eigenvalue weighted by Crippen LogP contribution is 2.46. The number of fused-ring (bicyclic) bond motifs is 1. The fourth-order valence-corrected chi connectivity index (χ4v) is 5.56. The van der Waals surface area contributed by atoms with E-state index in [-0.39, 0.29) is 11.5 Å². The number of ether oxygens (including phenoxy) is 1. The largest absolute Gasteiger partial charge is 0.474 e. The number of thiazole rings is 1. The summed E-state index contributed by atoms with van der Waals surface area (Å²) < 4.78 is 5.64. The van der Waals surface area contributed by atoms with E-state index in [0.29, 0.717) is 10.9 Å². The average molecular weight is 467 g/mol. The lowest BCUT2D eigenvalue weighted by atomic mass is 9.82. The van der Waals surface area contributed by atoms with Gasteiger partial charge in [-0.1, -0.05) is 28.9 Å². The Bertz CT molecular complexity index is 1290. The lowest BCUT2D eigenvalue weighted by Gasteiger charge is -2.21. The predicted octanol–water partition coefficient (Wildman–Crippen LogP) is 5.39. The first-order valence-electron chi connectivity index (χ1n) is 10.5. The third kappa shape index (κ3) is 3.47. The third-order valence-corrected chi connectivity index (χ3v) is 7.43. The molecule has 3 heterocycles. The molecule has 0 saturated heterocycles. The Kier molecular flexibility index (Phi) is 5.22. The first-order chi connectivity index (χ1) is 15.4. The van der Waals surface area contributed by atoms with Gasteiger partial charge < -0.3 is 4.74 Å². The maximum absolute atomic E-state index is 6.39. The Hall–Kier alpha value is -2.84. The van der Waals surface area contributed by atoms with E-state index in [4.69, 9.17) is 21.3 Å². The van der Waals surface area contributed by atoms with Crippen molar-refractivity contribution in [2.24, 2.45) is 0 Å². The van der Waals surface area contributed by atoms with Crippen LogP contribution in [0.2, 0.25) is 5.02 Å². The number of H-pyrrole nitrogens is 1. The maximum atomic E-state index is 6.39. The van der Waals surface area contributed by atoms with Crippen LogP contribution < -0.4 is 4.74 Å². The van der Waals surface area contributed by atoms with Crippen LogP contribution in [0.25, 0.3) is 21.0 Å². The second-order valence-electron chi connectivity index (χ2n) is 8.54. The fourth-order valence-electron chi connectivity index (χ4n) is 4.37. The number of hydrogen-bond donors (Lipinski definition) is 1. The van der Waals surface area contributed by atoms with Gasteiger partial charge in [-0.25, -0.2) is 9.97 Å². The molecular formula is C23H23ClN6OS. The van der Waals surface area contributed by atoms with Crippen molar-refractivity contribution in [2.75, 3.05) is 0 Å². The van der Waals surface area contributed by atoms with Gasteiger partial charge in [0.1, 0.15) is 10.0 Å². The second-order valence-corrected chi connectivity index (χ2v) is 9.98. The molecule has 1 atom stereocenters. The first kappa shape index (κ1) is 21.0. The van der Waals surface area contributed by atoms with E-state index in [0.717, 1.165) is 39.7 Å². The Morgan fingerprint density at radius 1 is 1.22 bits per heavy atom. The van der Waals surface area contributed by atoms with Crippen LogP contribution in [-0.4, -0.2) is 36.7 Å². The van der Waals surface area contributed by atoms with Gasteiger partial charge in [-0.15, -0.1) is 21.5 Å². The molecule has 0 saturated carbocycles. The second kappa shape index (κ2) is 7.94. The zero-order valence-electron chi connectivity index (χ0n) is 18.3. The van der Waals surface area contributed by atoms with E-state index in [1.54, 1.807) is 17.5 Å². The number of hydrogen-bond acceptors (Lipinski definition) is 7. The highest BCUT2D eigenvalue weighted by Gasteiger charge is 2.40. The highest BCUT2D eigenvalue weighted by atomic mass is 35.5. The number of halogens is 1. The SMILES string of the molecule is Cc1c(-c2ncc(-c3cnc(OC(C)C)c(Cl)c3)s2)ccc2c1CC[C@]2(C)c1nn[nH]n1. The Labute approximate surface area is 195 Å². The molecule has 5 rings (SSSR count). The molecule has 3 aromatic heterocycles. The van der Waals surface area contributed by atoms with E-state index in [2.05, 4.69) is 51.6 Å². The van der Waals surface area contributed by atoms with Gasteiger partial charge in [0, 0.05) is 23.5 Å². The van der Waals surface area contributed by atoms with E-state index >= 15 is 0 Å². The normalized spacial score (nSPS) is 17.7. The molecule has 1 aliphatic carbocycles. The summed E-state index contributed by atoms with van der Waals surface area (Å²) in [5.41, 5.74) is 5.74. The molecule has 0 amide bonds. The Morgan fingerprint density at radius 3 is 2.78 bits per heavy atom. The lowest BCUT2D eigenvalue weighted by molar-refractivity contribution is 0.233. The van der Waals surface area contributed by atoms with Crippen molar-refractivity contribution in [3.8, 4) is 26.9 Å². The molecular weight excluding hydrogens is 444 g/mol. The van der Waals surface area contributed by atoms with Crippen LogP contribution in [0.5, 0.6) is 5.88 Å². The molecule has 0 radical (unpaired) electrons. The van der Waals surface area contributed by atoms with Crippen molar-refractivity contribution in [1.82, 2.24) is 30.6 Å². The third-order valence-electron chi connectivity index (χ3n) is 6.08. The smallest absolute Gasteiger partial charge is 0.232 e. The molecule has 7 nitrogen and oxygen atoms in total. The van der Waals surface area contributed by atoms with Gasteiger partial charge in [-0.2, -0.15) is 5.21 Å². The van der Waals surface area contributed by atoms with Crippen molar-refractivity contribution < 1.29 is 4.74 Å². The summed E-state index contributed by atoms with van der Waals surface area (Å²) in [5, 5.41) is 16.4. The molecule has 0 fully saturated rings. The summed E-state index contributed by atoms with van der Waals surface area (Å²) in [7, 11) is 0. The van der Waals surface area contributed by atoms with E-state index in [9.17, 15) is 0 Å². The summed E-state index contributed by atoms with van der Waals surface area (Å²) in [4.78, 5) is 10.1. The van der Waals surface area contributed by atoms with E-state index < -0.39 is 0 Å². The molecule has 4 aromatic rings. The molecule has 1 N–H and O–H groups in total. The van der Waals surface area contributed by atoms with E-state index in [1.807, 2.05) is 26.1 Å². The minimum atomic E-state index is -0.220. The number of rotatable bonds is 5. The lowest BCUT2D eigenvalue weighted by Crippen LogP contribution is -2.22. The number of tetrazole rings is 1. The number of nitrogens with one attached hydrogen (secondary N) is 1. The van der Waals surface area contributed by atoms with Gasteiger partial charge in [0.25, 0.3) is 0 Å². The van der Waals surface area contributed by atoms with Crippen LogP contribution in [0.3, 0.4) is 0 Å². The van der Waals surface area contributed by atoms with Gasteiger partial charge in [0.2, 0.25) is 5.88 Å². The molecule has 9 heteroatoms. The van der Waals surface area contributed by atoms with Gasteiger partial charge in [-0.3, -0.25) is 0 Å². The molecule has 1 aromatic carbocycles. The summed E-state index contributed by atoms with van der Waals surface area (Å²) in [6, 6.07) is 6.24. The van der Waals surface area contributed by atoms with Crippen LogP contribution >= 0.6 is 22.9 Å². The van der Waals surface area contributed by atoms with Crippen molar-refractivity contribution in [3.63, 3.8) is 0 Å². The van der Waals surface area contributed by atoms with E-state index in [1.165, 1.54) is 16.7 Å². The van der Waals surface area contributed by atoms with Crippen LogP contribution in [-0.2, 0) is 11.8 Å². The van der Waals surface area contributed by atoms with Crippen LogP contribution in [0.1, 0.15) is 49.7 Å². The summed E-state index contributed by atoms with van der Waals surface area (Å²) in [6.07, 6.45) is 5.63. The number of nitrogens with zero attached hydrogens (tertiary/aromatic N) is 5. The van der Waals surface area contributed by atoms with Gasteiger partial charge in [0.15, 0.2) is 5.82 Å². The average Bonchev–Trinajstić information content (AvgIpc) is 3.51. The molecule has 0 spiro atoms. The number of aromatic amines is 1. The minimum absolute atomic E-state index is 0.0190. The minimum Gasteiger partial charge on any atom is -0.474 e. The summed E-state index contributed by atoms with van der Waals surface area (Å²) in [5.74, 6) is 1.20. The van der Waals surface area contributed by atoms with Crippen LogP contribution in [0.4, 0.5) is 0 Å². The van der Waals surface area contributed by atoms with Gasteiger partial charge >= 0.3 is 0 Å². The van der Waals surface area contributed by atoms with Gasteiger partial charge in [0.05, 0.1) is 16.4 Å². The topological polar surface area (TPSA) is 89.5 Å². The molecule has 0 unspecified atom stereocenters.